The summed E-state index contributed by atoms with van der Waals surface area (Å²) in [6.45, 7) is -0.0230. The van der Waals surface area contributed by atoms with E-state index in [1.807, 2.05) is 0 Å². The van der Waals surface area contributed by atoms with Gasteiger partial charge in [0.25, 0.3) is 5.56 Å². The molecule has 0 aliphatic heterocycles. The van der Waals surface area contributed by atoms with Crippen molar-refractivity contribution in [3.63, 3.8) is 0 Å². The fourth-order valence-electron chi connectivity index (χ4n) is 1.40. The Balaban J connectivity index is 2.21. The summed E-state index contributed by atoms with van der Waals surface area (Å²) in [6.07, 6.45) is 1.36. The number of aliphatic hydroxyl groups is 1. The smallest absolute Gasteiger partial charge is 0.271 e. The lowest BCUT2D eigenvalue weighted by Crippen LogP contribution is -2.33. The molecule has 0 saturated carbocycles. The molecule has 6 nitrogen and oxygen atoms in total. The van der Waals surface area contributed by atoms with Gasteiger partial charge in [-0.05, 0) is 11.4 Å². The third kappa shape index (κ3) is 2.51. The standard InChI is InChI=1S/C10H11N3O3S/c14-3-2-11-8(15)5-13-6-12-7-1-4-17-9(7)10(13)16/h1,4,6,14H,2-3,5H2,(H,11,15). The number of fused-ring (bicyclic) bond motifs is 1. The van der Waals surface area contributed by atoms with Gasteiger partial charge in [-0.1, -0.05) is 0 Å². The summed E-state index contributed by atoms with van der Waals surface area (Å²) < 4.78 is 1.80. The Hall–Kier alpha value is -1.73. The summed E-state index contributed by atoms with van der Waals surface area (Å²) >= 11 is 1.31. The topological polar surface area (TPSA) is 84.2 Å². The Bertz CT molecular complexity index is 590. The number of carbonyl (C=O) groups excluding carboxylic acids is 1. The summed E-state index contributed by atoms with van der Waals surface area (Å²) in [5, 5.41) is 12.8. The average molecular weight is 253 g/mol. The van der Waals surface area contributed by atoms with E-state index in [-0.39, 0.29) is 31.2 Å². The van der Waals surface area contributed by atoms with Crippen LogP contribution in [0.2, 0.25) is 0 Å². The fraction of sp³-hybridized carbons (Fsp3) is 0.300. The molecule has 2 aromatic heterocycles. The van der Waals surface area contributed by atoms with Gasteiger partial charge in [0.05, 0.1) is 18.5 Å². The molecule has 0 aliphatic carbocycles. The minimum atomic E-state index is -0.321. The molecule has 0 unspecified atom stereocenters. The first-order valence-electron chi connectivity index (χ1n) is 5.02. The second-order valence-corrected chi connectivity index (χ2v) is 4.30. The predicted molar refractivity (Wildman–Crippen MR) is 64.0 cm³/mol. The van der Waals surface area contributed by atoms with Crippen LogP contribution in [-0.4, -0.2) is 33.7 Å². The van der Waals surface area contributed by atoms with Crippen LogP contribution in [0.1, 0.15) is 0 Å². The second-order valence-electron chi connectivity index (χ2n) is 3.39. The van der Waals surface area contributed by atoms with E-state index in [1.165, 1.54) is 22.2 Å². The Labute approximate surface area is 101 Å². The molecule has 0 radical (unpaired) electrons. The van der Waals surface area contributed by atoms with E-state index >= 15 is 0 Å². The van der Waals surface area contributed by atoms with Gasteiger partial charge in [-0.2, -0.15) is 0 Å². The van der Waals surface area contributed by atoms with Crippen molar-refractivity contribution in [3.05, 3.63) is 28.1 Å². The van der Waals surface area contributed by atoms with Crippen LogP contribution in [0.25, 0.3) is 10.2 Å². The van der Waals surface area contributed by atoms with E-state index in [0.717, 1.165) is 0 Å². The minimum Gasteiger partial charge on any atom is -0.395 e. The summed E-state index contributed by atoms with van der Waals surface area (Å²) in [5.74, 6) is -0.321. The van der Waals surface area contributed by atoms with Gasteiger partial charge in [0.15, 0.2) is 0 Å². The molecule has 0 aliphatic rings. The maximum Gasteiger partial charge on any atom is 0.271 e. The highest BCUT2D eigenvalue weighted by atomic mass is 32.1. The quantitative estimate of drug-likeness (QED) is 0.774. The SMILES string of the molecule is O=C(Cn1cnc2ccsc2c1=O)NCCO. The van der Waals surface area contributed by atoms with Crippen molar-refractivity contribution in [2.45, 2.75) is 6.54 Å². The molecule has 0 atom stereocenters. The Morgan fingerprint density at radius 2 is 2.41 bits per heavy atom. The maximum absolute atomic E-state index is 11.9. The van der Waals surface area contributed by atoms with Gasteiger partial charge in [-0.3, -0.25) is 14.2 Å². The molecule has 90 valence electrons. The van der Waals surface area contributed by atoms with Crippen molar-refractivity contribution in [3.8, 4) is 0 Å². The first-order chi connectivity index (χ1) is 8.22. The van der Waals surface area contributed by atoms with Crippen LogP contribution >= 0.6 is 11.3 Å². The Morgan fingerprint density at radius 3 is 3.18 bits per heavy atom. The minimum absolute atomic E-state index is 0.0837. The fourth-order valence-corrected chi connectivity index (χ4v) is 2.19. The third-order valence-corrected chi connectivity index (χ3v) is 3.08. The number of nitrogens with one attached hydrogen (secondary N) is 1. The van der Waals surface area contributed by atoms with Crippen LogP contribution in [0.4, 0.5) is 0 Å². The highest BCUT2D eigenvalue weighted by Gasteiger charge is 2.08. The molecule has 2 aromatic rings. The summed E-state index contributed by atoms with van der Waals surface area (Å²) in [5.41, 5.74) is 0.427. The molecular weight excluding hydrogens is 242 g/mol. The lowest BCUT2D eigenvalue weighted by atomic mass is 10.4. The van der Waals surface area contributed by atoms with Crippen LogP contribution in [0.15, 0.2) is 22.6 Å². The Morgan fingerprint density at radius 1 is 1.59 bits per heavy atom. The zero-order valence-corrected chi connectivity index (χ0v) is 9.74. The molecule has 2 rings (SSSR count). The van der Waals surface area contributed by atoms with Crippen LogP contribution in [0.3, 0.4) is 0 Å². The van der Waals surface area contributed by atoms with Crippen LogP contribution in [0.5, 0.6) is 0 Å². The van der Waals surface area contributed by atoms with Crippen molar-refractivity contribution in [2.24, 2.45) is 0 Å². The van der Waals surface area contributed by atoms with Crippen molar-refractivity contribution in [1.29, 1.82) is 0 Å². The van der Waals surface area contributed by atoms with Gasteiger partial charge < -0.3 is 10.4 Å². The van der Waals surface area contributed by atoms with E-state index < -0.39 is 0 Å². The van der Waals surface area contributed by atoms with Gasteiger partial charge in [-0.15, -0.1) is 11.3 Å². The number of aliphatic hydroxyl groups excluding tert-OH is 1. The number of hydrogen-bond donors (Lipinski definition) is 2. The van der Waals surface area contributed by atoms with Crippen molar-refractivity contribution in [1.82, 2.24) is 14.9 Å². The van der Waals surface area contributed by atoms with Gasteiger partial charge in [0.1, 0.15) is 11.2 Å². The molecule has 2 heterocycles. The zero-order valence-electron chi connectivity index (χ0n) is 8.92. The van der Waals surface area contributed by atoms with Gasteiger partial charge in [0.2, 0.25) is 5.91 Å². The highest BCUT2D eigenvalue weighted by molar-refractivity contribution is 7.17. The number of rotatable bonds is 4. The van der Waals surface area contributed by atoms with Crippen LogP contribution in [-0.2, 0) is 11.3 Å². The largest absolute Gasteiger partial charge is 0.395 e. The molecule has 17 heavy (non-hydrogen) atoms. The van der Waals surface area contributed by atoms with Crippen molar-refractivity contribution >= 4 is 27.5 Å². The van der Waals surface area contributed by atoms with Gasteiger partial charge in [-0.25, -0.2) is 4.98 Å². The zero-order chi connectivity index (χ0) is 12.3. The first kappa shape index (κ1) is 11.7. The number of amides is 1. The summed E-state index contributed by atoms with van der Waals surface area (Å²) in [4.78, 5) is 27.4. The first-order valence-corrected chi connectivity index (χ1v) is 5.90. The molecule has 0 aromatic carbocycles. The van der Waals surface area contributed by atoms with Crippen LogP contribution < -0.4 is 10.9 Å². The molecule has 1 amide bonds. The van der Waals surface area contributed by atoms with Gasteiger partial charge in [0, 0.05) is 6.54 Å². The number of aromatic nitrogens is 2. The monoisotopic (exact) mass is 253 g/mol. The number of thiophene rings is 1. The Kier molecular flexibility index (Phi) is 3.50. The van der Waals surface area contributed by atoms with E-state index in [9.17, 15) is 9.59 Å². The van der Waals surface area contributed by atoms with E-state index in [1.54, 1.807) is 11.4 Å². The molecular formula is C10H11N3O3S. The van der Waals surface area contributed by atoms with E-state index in [0.29, 0.717) is 10.2 Å². The molecule has 0 saturated heterocycles. The summed E-state index contributed by atoms with van der Waals surface area (Å²) in [7, 11) is 0. The molecule has 2 N–H and O–H groups in total. The summed E-state index contributed by atoms with van der Waals surface area (Å²) in [6, 6.07) is 1.76. The van der Waals surface area contributed by atoms with E-state index in [2.05, 4.69) is 10.3 Å². The maximum atomic E-state index is 11.9. The van der Waals surface area contributed by atoms with Crippen LogP contribution in [0, 0.1) is 0 Å². The molecule has 7 heteroatoms. The lowest BCUT2D eigenvalue weighted by Gasteiger charge is -2.05. The molecule has 0 spiro atoms. The average Bonchev–Trinajstić information content (AvgIpc) is 2.79. The second kappa shape index (κ2) is 5.07. The third-order valence-electron chi connectivity index (χ3n) is 2.18. The predicted octanol–water partition coefficient (Wildman–Crippen LogP) is -0.434. The van der Waals surface area contributed by atoms with E-state index in [4.69, 9.17) is 5.11 Å². The highest BCUT2D eigenvalue weighted by Crippen LogP contribution is 2.12. The number of carbonyl (C=O) groups is 1. The van der Waals surface area contributed by atoms with Gasteiger partial charge >= 0.3 is 0 Å². The van der Waals surface area contributed by atoms with Crippen molar-refractivity contribution in [2.75, 3.05) is 13.2 Å². The number of nitrogens with zero attached hydrogens (tertiary/aromatic N) is 2. The molecule has 0 bridgehead atoms. The van der Waals surface area contributed by atoms with Crippen molar-refractivity contribution < 1.29 is 9.90 Å². The normalized spacial score (nSPS) is 10.6. The lowest BCUT2D eigenvalue weighted by molar-refractivity contribution is -0.121. The molecule has 0 fully saturated rings. The number of hydrogen-bond acceptors (Lipinski definition) is 5.